The van der Waals surface area contributed by atoms with Gasteiger partial charge >= 0.3 is 7.60 Å². The molecule has 2 aromatic rings. The topological polar surface area (TPSA) is 58.6 Å². The van der Waals surface area contributed by atoms with Crippen molar-refractivity contribution in [2.24, 2.45) is 0 Å². The summed E-state index contributed by atoms with van der Waals surface area (Å²) in [5.74, 6) is 0.437. The van der Waals surface area contributed by atoms with Crippen molar-refractivity contribution >= 4 is 19.0 Å². The van der Waals surface area contributed by atoms with Gasteiger partial charge in [-0.1, -0.05) is 129 Å². The molecule has 0 radical (unpaired) electrons. The number of benzene rings is 2. The molecule has 0 aromatic heterocycles. The minimum atomic E-state index is -3.78. The van der Waals surface area contributed by atoms with Gasteiger partial charge in [0.1, 0.15) is 0 Å². The monoisotopic (exact) mass is 561 g/mol. The zero-order chi connectivity index (χ0) is 31.2. The fourth-order valence-electron chi connectivity index (χ4n) is 3.70. The van der Waals surface area contributed by atoms with Crippen LogP contribution in [0.2, 0.25) is 0 Å². The molecule has 39 heavy (non-hydrogen) atoms. The average Bonchev–Trinajstić information content (AvgIpc) is 2.73. The van der Waals surface area contributed by atoms with Crippen LogP contribution in [0.15, 0.2) is 30.3 Å². The van der Waals surface area contributed by atoms with Crippen molar-refractivity contribution in [2.75, 3.05) is 12.0 Å². The van der Waals surface area contributed by atoms with Crippen molar-refractivity contribution in [3.8, 4) is 5.75 Å². The number of anilines is 2. The van der Waals surface area contributed by atoms with Crippen molar-refractivity contribution in [2.45, 2.75) is 139 Å². The predicted molar refractivity (Wildman–Crippen MR) is 175 cm³/mol. The lowest BCUT2D eigenvalue weighted by Gasteiger charge is -2.30. The number of nitrogens with one attached hydrogen (secondary N) is 1. The molecule has 0 aliphatic rings. The van der Waals surface area contributed by atoms with E-state index in [0.29, 0.717) is 11.4 Å². The molecule has 1 atom stereocenters. The maximum atomic E-state index is 12.4. The molecule has 0 saturated heterocycles. The van der Waals surface area contributed by atoms with E-state index in [1.807, 2.05) is 13.8 Å². The molecule has 224 valence electrons. The number of hydrogen-bond acceptors (Lipinski definition) is 3. The summed E-state index contributed by atoms with van der Waals surface area (Å²) in [5.41, 5.74) is 5.72. The summed E-state index contributed by atoms with van der Waals surface area (Å²) < 4.78 is 18.2. The molecule has 2 rings (SSSR count). The van der Waals surface area contributed by atoms with Gasteiger partial charge in [0.05, 0.1) is 5.69 Å². The first kappa shape index (κ1) is 37.2. The molecule has 5 heteroatoms. The van der Waals surface area contributed by atoms with Crippen LogP contribution in [0.4, 0.5) is 11.4 Å². The maximum absolute atomic E-state index is 12.4. The largest absolute Gasteiger partial charge is 0.422 e. The molecule has 2 aromatic carbocycles. The zero-order valence-electron chi connectivity index (χ0n) is 28.3. The number of hydrogen-bond donors (Lipinski definition) is 2. The third-order valence-corrected chi connectivity index (χ3v) is 6.49. The van der Waals surface area contributed by atoms with Crippen LogP contribution in [-0.2, 0) is 26.2 Å². The Balaban J connectivity index is 0.00000269. The van der Waals surface area contributed by atoms with Crippen molar-refractivity contribution in [1.29, 1.82) is 0 Å². The lowest BCUT2D eigenvalue weighted by molar-refractivity contribution is 0.382. The smallest absolute Gasteiger partial charge is 0.373 e. The minimum absolute atomic E-state index is 0.0227. The second-order valence-electron chi connectivity index (χ2n) is 14.4. The summed E-state index contributed by atoms with van der Waals surface area (Å²) in [4.78, 5) is 10.2. The SMILES string of the molecule is CC.CC(C)(C)c1cc(Nc2cc(C(C)(C)C)cc(C(C)(C)C)c2OP(C)(=O)O)cc(C(C)(C)C)c1.CCC. The van der Waals surface area contributed by atoms with E-state index in [4.69, 9.17) is 4.52 Å². The third-order valence-electron chi connectivity index (χ3n) is 5.97. The summed E-state index contributed by atoms with van der Waals surface area (Å²) in [7, 11) is -3.78. The van der Waals surface area contributed by atoms with Gasteiger partial charge in [-0.2, -0.15) is 0 Å². The highest BCUT2D eigenvalue weighted by Gasteiger charge is 2.29. The third kappa shape index (κ3) is 12.1. The van der Waals surface area contributed by atoms with Crippen molar-refractivity contribution in [3.63, 3.8) is 0 Å². The number of rotatable bonds is 4. The van der Waals surface area contributed by atoms with Crippen LogP contribution in [0.25, 0.3) is 0 Å². The fourth-order valence-corrected chi connectivity index (χ4v) is 4.24. The lowest BCUT2D eigenvalue weighted by atomic mass is 9.79. The van der Waals surface area contributed by atoms with Gasteiger partial charge in [-0.05, 0) is 56.5 Å². The first-order valence-corrected chi connectivity index (χ1v) is 16.5. The molecular weight excluding hydrogens is 501 g/mol. The van der Waals surface area contributed by atoms with Crippen LogP contribution < -0.4 is 9.84 Å². The molecule has 0 fully saturated rings. The van der Waals surface area contributed by atoms with Gasteiger partial charge in [-0.3, -0.25) is 0 Å². The summed E-state index contributed by atoms with van der Waals surface area (Å²) in [6.45, 7) is 35.6. The lowest BCUT2D eigenvalue weighted by Crippen LogP contribution is -2.19. The summed E-state index contributed by atoms with van der Waals surface area (Å²) >= 11 is 0. The van der Waals surface area contributed by atoms with E-state index in [2.05, 4.69) is 133 Å². The van der Waals surface area contributed by atoms with Crippen LogP contribution in [0, 0.1) is 0 Å². The van der Waals surface area contributed by atoms with Gasteiger partial charge in [0, 0.05) is 17.9 Å². The Labute approximate surface area is 241 Å². The Hall–Kier alpha value is -1.77. The van der Waals surface area contributed by atoms with E-state index in [1.165, 1.54) is 24.2 Å². The van der Waals surface area contributed by atoms with E-state index >= 15 is 0 Å². The van der Waals surface area contributed by atoms with Gasteiger partial charge in [0.2, 0.25) is 0 Å². The zero-order valence-corrected chi connectivity index (χ0v) is 29.2. The highest BCUT2D eigenvalue weighted by atomic mass is 31.2. The standard InChI is InChI=1S/C29H46NO3P.C3H8.C2H6/c1-26(2,3)19-14-20(27(4,5)6)16-22(15-19)30-24-18-21(28(7,8)9)17-23(29(10,11)12)25(24)33-34(13,31)32;1-3-2;1-2/h14-18,30H,1-13H3,(H,31,32);3H2,1-2H3;1-2H3. The molecule has 0 saturated carbocycles. The van der Waals surface area contributed by atoms with E-state index in [1.54, 1.807) is 0 Å². The Morgan fingerprint density at radius 1 is 0.692 bits per heavy atom. The van der Waals surface area contributed by atoms with Gasteiger partial charge in [0.25, 0.3) is 0 Å². The van der Waals surface area contributed by atoms with Crippen LogP contribution in [0.1, 0.15) is 139 Å². The van der Waals surface area contributed by atoms with Gasteiger partial charge in [-0.25, -0.2) is 4.57 Å². The normalized spacial score (nSPS) is 13.8. The summed E-state index contributed by atoms with van der Waals surface area (Å²) in [5, 5.41) is 3.59. The Morgan fingerprint density at radius 3 is 1.36 bits per heavy atom. The van der Waals surface area contributed by atoms with E-state index < -0.39 is 7.60 Å². The molecule has 0 spiro atoms. The molecule has 0 aliphatic carbocycles. The molecule has 0 aliphatic heterocycles. The predicted octanol–water partition coefficient (Wildman–Crippen LogP) is 11.3. The highest BCUT2D eigenvalue weighted by molar-refractivity contribution is 7.52. The van der Waals surface area contributed by atoms with Gasteiger partial charge in [0.15, 0.2) is 5.75 Å². The average molecular weight is 562 g/mol. The molecule has 4 nitrogen and oxygen atoms in total. The second kappa shape index (κ2) is 13.7. The van der Waals surface area contributed by atoms with Crippen molar-refractivity contribution in [3.05, 3.63) is 52.6 Å². The van der Waals surface area contributed by atoms with Crippen molar-refractivity contribution < 1.29 is 14.0 Å². The van der Waals surface area contributed by atoms with Crippen LogP contribution in [0.3, 0.4) is 0 Å². The van der Waals surface area contributed by atoms with Crippen LogP contribution in [-0.4, -0.2) is 11.6 Å². The first-order chi connectivity index (χ1) is 17.4. The maximum Gasteiger partial charge on any atom is 0.373 e. The molecule has 0 bridgehead atoms. The van der Waals surface area contributed by atoms with Crippen LogP contribution in [0.5, 0.6) is 5.75 Å². The quantitative estimate of drug-likeness (QED) is 0.364. The molecule has 0 amide bonds. The highest BCUT2D eigenvalue weighted by Crippen LogP contribution is 2.49. The Morgan fingerprint density at radius 2 is 1.05 bits per heavy atom. The fraction of sp³-hybridized carbons (Fsp3) is 0.647. The first-order valence-electron chi connectivity index (χ1n) is 14.5. The molecule has 1 unspecified atom stereocenters. The van der Waals surface area contributed by atoms with Gasteiger partial charge in [-0.15, -0.1) is 0 Å². The Kier molecular flexibility index (Phi) is 13.1. The van der Waals surface area contributed by atoms with Crippen molar-refractivity contribution in [1.82, 2.24) is 0 Å². The van der Waals surface area contributed by atoms with E-state index in [-0.39, 0.29) is 21.7 Å². The minimum Gasteiger partial charge on any atom is -0.422 e. The molecule has 0 heterocycles. The van der Waals surface area contributed by atoms with Crippen LogP contribution >= 0.6 is 7.60 Å². The van der Waals surface area contributed by atoms with E-state index in [0.717, 1.165) is 16.8 Å². The Bertz CT molecular complexity index is 1070. The summed E-state index contributed by atoms with van der Waals surface area (Å²) in [6, 6.07) is 10.8. The molecule has 2 N–H and O–H groups in total. The van der Waals surface area contributed by atoms with Gasteiger partial charge < -0.3 is 14.7 Å². The van der Waals surface area contributed by atoms with E-state index in [9.17, 15) is 9.46 Å². The summed E-state index contributed by atoms with van der Waals surface area (Å²) in [6.07, 6.45) is 1.25. The second-order valence-corrected chi connectivity index (χ2v) is 16.2. The molecular formula is C34H60NO3P.